The number of unbranched alkanes of at least 4 members (excludes halogenated alkanes) is 1. The van der Waals surface area contributed by atoms with E-state index in [4.69, 9.17) is 11.6 Å². The van der Waals surface area contributed by atoms with Crippen LogP contribution in [0.15, 0.2) is 16.8 Å². The number of alkyl halides is 1. The molecule has 0 saturated carbocycles. The minimum Gasteiger partial charge on any atom is -0.212 e. The molecule has 1 unspecified atom stereocenters. The molecule has 2 rings (SSSR count). The summed E-state index contributed by atoms with van der Waals surface area (Å²) in [7, 11) is -3.13. The van der Waals surface area contributed by atoms with Crippen molar-refractivity contribution in [3.63, 3.8) is 0 Å². The van der Waals surface area contributed by atoms with Gasteiger partial charge < -0.3 is 0 Å². The molecule has 1 aromatic heterocycles. The van der Waals surface area contributed by atoms with Crippen LogP contribution in [-0.4, -0.2) is 30.9 Å². The minimum absolute atomic E-state index is 0.0530. The maximum atomic E-state index is 12.3. The molecule has 0 amide bonds. The lowest BCUT2D eigenvalue weighted by atomic mass is 10.1. The zero-order chi connectivity index (χ0) is 13.0. The number of hydrogen-bond donors (Lipinski definition) is 0. The van der Waals surface area contributed by atoms with Gasteiger partial charge in [-0.3, -0.25) is 0 Å². The topological polar surface area (TPSA) is 37.4 Å². The summed E-state index contributed by atoms with van der Waals surface area (Å²) in [6.45, 7) is 0.656. The van der Waals surface area contributed by atoms with E-state index in [1.165, 1.54) is 0 Å². The van der Waals surface area contributed by atoms with Gasteiger partial charge in [0.05, 0.1) is 11.8 Å². The van der Waals surface area contributed by atoms with E-state index < -0.39 is 10.0 Å². The number of hydrogen-bond acceptors (Lipinski definition) is 3. The van der Waals surface area contributed by atoms with E-state index in [1.807, 2.05) is 11.4 Å². The molecule has 0 spiro atoms. The van der Waals surface area contributed by atoms with Crippen LogP contribution in [0.4, 0.5) is 0 Å². The van der Waals surface area contributed by atoms with Gasteiger partial charge in [-0.2, -0.15) is 15.6 Å². The Morgan fingerprint density at radius 3 is 2.94 bits per heavy atom. The molecule has 0 aromatic carbocycles. The van der Waals surface area contributed by atoms with E-state index in [-0.39, 0.29) is 11.8 Å². The lowest BCUT2D eigenvalue weighted by Gasteiger charge is -2.23. The highest BCUT2D eigenvalue weighted by atomic mass is 35.5. The van der Waals surface area contributed by atoms with Gasteiger partial charge in [-0.25, -0.2) is 8.42 Å². The van der Waals surface area contributed by atoms with Crippen molar-refractivity contribution in [1.82, 2.24) is 4.31 Å². The monoisotopic (exact) mass is 307 g/mol. The van der Waals surface area contributed by atoms with Crippen molar-refractivity contribution in [2.24, 2.45) is 0 Å². The van der Waals surface area contributed by atoms with Crippen molar-refractivity contribution < 1.29 is 8.42 Å². The maximum Gasteiger partial charge on any atom is 0.214 e. The molecule has 2 heterocycles. The van der Waals surface area contributed by atoms with Crippen LogP contribution in [0.25, 0.3) is 0 Å². The molecular weight excluding hydrogens is 290 g/mol. The van der Waals surface area contributed by atoms with Crippen molar-refractivity contribution in [1.29, 1.82) is 0 Å². The Kier molecular flexibility index (Phi) is 5.06. The maximum absolute atomic E-state index is 12.3. The van der Waals surface area contributed by atoms with Gasteiger partial charge in [0.25, 0.3) is 0 Å². The summed E-state index contributed by atoms with van der Waals surface area (Å²) in [6.07, 6.45) is 3.30. The fourth-order valence-electron chi connectivity index (χ4n) is 2.37. The Hall–Kier alpha value is -0.100. The van der Waals surface area contributed by atoms with Crippen molar-refractivity contribution in [2.45, 2.75) is 31.7 Å². The van der Waals surface area contributed by atoms with E-state index in [0.717, 1.165) is 24.8 Å². The zero-order valence-electron chi connectivity index (χ0n) is 10.2. The molecule has 3 nitrogen and oxygen atoms in total. The van der Waals surface area contributed by atoms with E-state index >= 15 is 0 Å². The average molecular weight is 308 g/mol. The van der Waals surface area contributed by atoms with Gasteiger partial charge in [0, 0.05) is 12.4 Å². The van der Waals surface area contributed by atoms with Gasteiger partial charge >= 0.3 is 0 Å². The summed E-state index contributed by atoms with van der Waals surface area (Å²) in [4.78, 5) is 0. The SMILES string of the molecule is O=S(=O)(CCCCCl)N1CCCC1c1ccsc1. The van der Waals surface area contributed by atoms with Gasteiger partial charge in [0.1, 0.15) is 0 Å². The first-order valence-corrected chi connectivity index (χ1v) is 9.31. The van der Waals surface area contributed by atoms with Gasteiger partial charge in [-0.15, -0.1) is 11.6 Å². The molecule has 1 atom stereocenters. The lowest BCUT2D eigenvalue weighted by Crippen LogP contribution is -2.32. The van der Waals surface area contributed by atoms with E-state index in [9.17, 15) is 8.42 Å². The summed E-state index contributed by atoms with van der Waals surface area (Å²) in [6, 6.07) is 2.08. The number of thiophene rings is 1. The molecule has 0 radical (unpaired) electrons. The fraction of sp³-hybridized carbons (Fsp3) is 0.667. The summed E-state index contributed by atoms with van der Waals surface area (Å²) in [5, 5.41) is 4.06. The van der Waals surface area contributed by atoms with Gasteiger partial charge in [0.15, 0.2) is 0 Å². The summed E-state index contributed by atoms with van der Waals surface area (Å²) in [5.74, 6) is 0.754. The largest absolute Gasteiger partial charge is 0.214 e. The third kappa shape index (κ3) is 3.26. The van der Waals surface area contributed by atoms with Gasteiger partial charge in [-0.1, -0.05) is 0 Å². The smallest absolute Gasteiger partial charge is 0.212 e. The second kappa shape index (κ2) is 6.37. The summed E-state index contributed by atoms with van der Waals surface area (Å²) < 4.78 is 26.3. The number of halogens is 1. The standard InChI is InChI=1S/C12H18ClNO2S2/c13-6-1-2-9-18(15,16)14-7-3-4-12(14)11-5-8-17-10-11/h5,8,10,12H,1-4,6-7,9H2. The molecular formula is C12H18ClNO2S2. The first kappa shape index (κ1) is 14.3. The Morgan fingerprint density at radius 1 is 1.44 bits per heavy atom. The highest BCUT2D eigenvalue weighted by Crippen LogP contribution is 2.35. The van der Waals surface area contributed by atoms with Crippen molar-refractivity contribution in [3.05, 3.63) is 22.4 Å². The van der Waals surface area contributed by atoms with Crippen molar-refractivity contribution in [3.8, 4) is 0 Å². The molecule has 1 aliphatic heterocycles. The molecule has 0 aliphatic carbocycles. The minimum atomic E-state index is -3.13. The number of nitrogens with zero attached hydrogens (tertiary/aromatic N) is 1. The van der Waals surface area contributed by atoms with Crippen LogP contribution in [-0.2, 0) is 10.0 Å². The highest BCUT2D eigenvalue weighted by molar-refractivity contribution is 7.89. The first-order chi connectivity index (χ1) is 8.65. The Morgan fingerprint density at radius 2 is 2.28 bits per heavy atom. The molecule has 6 heteroatoms. The third-order valence-corrected chi connectivity index (χ3v) is 6.20. The second-order valence-corrected chi connectivity index (χ2v) is 7.74. The molecule has 0 bridgehead atoms. The lowest BCUT2D eigenvalue weighted by molar-refractivity contribution is 0.396. The van der Waals surface area contributed by atoms with Crippen LogP contribution >= 0.6 is 22.9 Å². The van der Waals surface area contributed by atoms with E-state index in [1.54, 1.807) is 15.6 Å². The quantitative estimate of drug-likeness (QED) is 0.597. The van der Waals surface area contributed by atoms with Crippen LogP contribution < -0.4 is 0 Å². The van der Waals surface area contributed by atoms with Gasteiger partial charge in [-0.05, 0) is 48.1 Å². The Labute approximate surface area is 118 Å². The Balaban J connectivity index is 2.07. The molecule has 1 aliphatic rings. The third-order valence-electron chi connectivity index (χ3n) is 3.27. The van der Waals surface area contributed by atoms with Crippen LogP contribution in [0.3, 0.4) is 0 Å². The molecule has 1 fully saturated rings. The first-order valence-electron chi connectivity index (χ1n) is 6.23. The Bertz CT molecular complexity index is 458. The second-order valence-electron chi connectivity index (χ2n) is 4.54. The predicted octanol–water partition coefficient (Wildman–Crippen LogP) is 3.23. The van der Waals surface area contributed by atoms with Gasteiger partial charge in [0.2, 0.25) is 10.0 Å². The molecule has 1 saturated heterocycles. The van der Waals surface area contributed by atoms with Crippen molar-refractivity contribution in [2.75, 3.05) is 18.2 Å². The van der Waals surface area contributed by atoms with E-state index in [2.05, 4.69) is 5.38 Å². The summed E-state index contributed by atoms with van der Waals surface area (Å²) in [5.41, 5.74) is 1.14. The average Bonchev–Trinajstić information content (AvgIpc) is 3.00. The predicted molar refractivity (Wildman–Crippen MR) is 76.7 cm³/mol. The highest BCUT2D eigenvalue weighted by Gasteiger charge is 2.34. The van der Waals surface area contributed by atoms with Crippen molar-refractivity contribution >= 4 is 33.0 Å². The van der Waals surface area contributed by atoms with Crippen LogP contribution in [0.2, 0.25) is 0 Å². The number of rotatable bonds is 6. The van der Waals surface area contributed by atoms with Crippen LogP contribution in [0, 0.1) is 0 Å². The number of sulfonamides is 1. The van der Waals surface area contributed by atoms with Crippen LogP contribution in [0.1, 0.15) is 37.3 Å². The van der Waals surface area contributed by atoms with Crippen LogP contribution in [0.5, 0.6) is 0 Å². The molecule has 1 aromatic rings. The fourth-order valence-corrected chi connectivity index (χ4v) is 5.09. The molecule has 102 valence electrons. The zero-order valence-corrected chi connectivity index (χ0v) is 12.6. The normalized spacial score (nSPS) is 21.5. The summed E-state index contributed by atoms with van der Waals surface area (Å²) >= 11 is 7.21. The molecule has 18 heavy (non-hydrogen) atoms. The van der Waals surface area contributed by atoms with E-state index in [0.29, 0.717) is 18.8 Å². The molecule has 0 N–H and O–H groups in total.